The Bertz CT molecular complexity index is 2000. The molecule has 0 rings (SSSR count). The second-order valence-corrected chi connectivity index (χ2v) is 19.8. The molecule has 0 aliphatic heterocycles. The van der Waals surface area contributed by atoms with E-state index in [0.717, 1.165) is 154 Å². The highest BCUT2D eigenvalue weighted by molar-refractivity contribution is 5.71. The van der Waals surface area contributed by atoms with Gasteiger partial charge in [-0.3, -0.25) is 14.4 Å². The number of unbranched alkanes of at least 4 members (excludes halogenated alkanes) is 9. The van der Waals surface area contributed by atoms with E-state index in [1.807, 2.05) is 12.2 Å². The van der Waals surface area contributed by atoms with Crippen molar-refractivity contribution >= 4 is 17.9 Å². The van der Waals surface area contributed by atoms with Gasteiger partial charge in [0.25, 0.3) is 0 Å². The summed E-state index contributed by atoms with van der Waals surface area (Å²) < 4.78 is 16.8. The Labute approximate surface area is 496 Å². The second-order valence-electron chi connectivity index (χ2n) is 19.8. The lowest BCUT2D eigenvalue weighted by Gasteiger charge is -2.18. The Hall–Kier alpha value is -6.01. The molecule has 0 N–H and O–H groups in total. The van der Waals surface area contributed by atoms with Crippen LogP contribution in [0, 0.1) is 0 Å². The molecule has 448 valence electrons. The number of carbonyl (C=O) groups is 3. The zero-order valence-corrected chi connectivity index (χ0v) is 51.2. The lowest BCUT2D eigenvalue weighted by atomic mass is 10.1. The minimum absolute atomic E-state index is 0.136. The molecule has 6 heteroatoms. The number of allylic oxidation sites excluding steroid dienone is 34. The van der Waals surface area contributed by atoms with E-state index in [0.29, 0.717) is 19.3 Å². The summed E-state index contributed by atoms with van der Waals surface area (Å²) >= 11 is 0. The zero-order valence-electron chi connectivity index (χ0n) is 51.2. The molecule has 0 aliphatic rings. The van der Waals surface area contributed by atoms with Crippen molar-refractivity contribution in [3.05, 3.63) is 207 Å². The van der Waals surface area contributed by atoms with Crippen LogP contribution in [0.25, 0.3) is 0 Å². The van der Waals surface area contributed by atoms with Gasteiger partial charge < -0.3 is 14.2 Å². The molecule has 0 amide bonds. The summed E-state index contributed by atoms with van der Waals surface area (Å²) in [6.07, 6.45) is 103. The molecule has 0 saturated carbocycles. The Morgan fingerprint density at radius 1 is 0.247 bits per heavy atom. The summed E-state index contributed by atoms with van der Waals surface area (Å²) in [5, 5.41) is 0. The van der Waals surface area contributed by atoms with Gasteiger partial charge in [0.2, 0.25) is 0 Å². The zero-order chi connectivity index (χ0) is 58.5. The van der Waals surface area contributed by atoms with Crippen molar-refractivity contribution in [3.8, 4) is 0 Å². The van der Waals surface area contributed by atoms with Gasteiger partial charge in [-0.2, -0.15) is 0 Å². The molecule has 0 radical (unpaired) electrons. The molecular formula is C75H112O6. The first-order valence-corrected chi connectivity index (χ1v) is 31.6. The van der Waals surface area contributed by atoms with Gasteiger partial charge in [-0.1, -0.05) is 259 Å². The molecule has 1 unspecified atom stereocenters. The van der Waals surface area contributed by atoms with E-state index in [9.17, 15) is 14.4 Å². The van der Waals surface area contributed by atoms with E-state index in [2.05, 4.69) is 215 Å². The van der Waals surface area contributed by atoms with E-state index in [-0.39, 0.29) is 44.0 Å². The van der Waals surface area contributed by atoms with Crippen LogP contribution in [-0.4, -0.2) is 37.2 Å². The van der Waals surface area contributed by atoms with E-state index in [1.165, 1.54) is 19.3 Å². The smallest absolute Gasteiger partial charge is 0.306 e. The van der Waals surface area contributed by atoms with Gasteiger partial charge in [-0.25, -0.2) is 0 Å². The van der Waals surface area contributed by atoms with Crippen LogP contribution >= 0.6 is 0 Å². The molecule has 0 heterocycles. The molecule has 0 spiro atoms. The summed E-state index contributed by atoms with van der Waals surface area (Å²) in [7, 11) is 0. The molecule has 0 fully saturated rings. The SMILES string of the molecule is CC/C=C\C/C=C\C/C=C\C/C=C\C/C=C\C/C=C\C/C=C\CCCCCCCCCC(=O)OCC(COC(=O)CC/C=C\C/C=C\C/C=C\C/C=C\CC)OC(=O)CCCC/C=C\C/C=C\C/C=C\C/C=C\C/C=C\C/C=C\CC. The first kappa shape index (κ1) is 75.0. The fourth-order valence-electron chi connectivity index (χ4n) is 7.67. The van der Waals surface area contributed by atoms with Crippen LogP contribution in [-0.2, 0) is 28.6 Å². The van der Waals surface area contributed by atoms with E-state index >= 15 is 0 Å². The molecule has 0 aliphatic carbocycles. The summed E-state index contributed by atoms with van der Waals surface area (Å²) in [5.41, 5.74) is 0. The number of rotatable bonds is 54. The Balaban J connectivity index is 4.50. The monoisotopic (exact) mass is 1110 g/mol. The van der Waals surface area contributed by atoms with E-state index < -0.39 is 6.10 Å². The Morgan fingerprint density at radius 2 is 0.469 bits per heavy atom. The van der Waals surface area contributed by atoms with Gasteiger partial charge in [-0.05, 0) is 154 Å². The third-order valence-electron chi connectivity index (χ3n) is 12.3. The average Bonchev–Trinajstić information content (AvgIpc) is 3.46. The van der Waals surface area contributed by atoms with Gasteiger partial charge in [0.1, 0.15) is 13.2 Å². The van der Waals surface area contributed by atoms with E-state index in [1.54, 1.807) is 0 Å². The molecule has 1 atom stereocenters. The quantitative estimate of drug-likeness (QED) is 0.0261. The van der Waals surface area contributed by atoms with Crippen molar-refractivity contribution in [2.75, 3.05) is 13.2 Å². The molecule has 6 nitrogen and oxygen atoms in total. The minimum Gasteiger partial charge on any atom is -0.462 e. The second kappa shape index (κ2) is 66.5. The predicted octanol–water partition coefficient (Wildman–Crippen LogP) is 22.0. The van der Waals surface area contributed by atoms with Crippen LogP contribution < -0.4 is 0 Å². The maximum Gasteiger partial charge on any atom is 0.306 e. The molecule has 0 aromatic rings. The van der Waals surface area contributed by atoms with Crippen LogP contribution in [0.1, 0.15) is 226 Å². The highest BCUT2D eigenvalue weighted by Crippen LogP contribution is 2.12. The maximum atomic E-state index is 12.9. The summed E-state index contributed by atoms with van der Waals surface area (Å²) in [6.45, 7) is 6.16. The highest BCUT2D eigenvalue weighted by Gasteiger charge is 2.19. The molecule has 0 aromatic carbocycles. The maximum absolute atomic E-state index is 12.9. The Kier molecular flexibility index (Phi) is 61.6. The number of hydrogen-bond donors (Lipinski definition) is 0. The molecule has 81 heavy (non-hydrogen) atoms. The normalized spacial score (nSPS) is 13.6. The highest BCUT2D eigenvalue weighted by atomic mass is 16.6. The summed E-state index contributed by atoms with van der Waals surface area (Å²) in [5.74, 6) is -1.09. The van der Waals surface area contributed by atoms with Crippen LogP contribution in [0.15, 0.2) is 207 Å². The van der Waals surface area contributed by atoms with Crippen molar-refractivity contribution in [2.24, 2.45) is 0 Å². The topological polar surface area (TPSA) is 78.9 Å². The van der Waals surface area contributed by atoms with Crippen LogP contribution in [0.4, 0.5) is 0 Å². The molecular weight excluding hydrogens is 997 g/mol. The van der Waals surface area contributed by atoms with Crippen LogP contribution in [0.3, 0.4) is 0 Å². The van der Waals surface area contributed by atoms with Gasteiger partial charge >= 0.3 is 17.9 Å². The predicted molar refractivity (Wildman–Crippen MR) is 352 cm³/mol. The average molecular weight is 1110 g/mol. The number of carbonyl (C=O) groups excluding carboxylic acids is 3. The van der Waals surface area contributed by atoms with Crippen LogP contribution in [0.2, 0.25) is 0 Å². The lowest BCUT2D eigenvalue weighted by Crippen LogP contribution is -2.30. The van der Waals surface area contributed by atoms with Gasteiger partial charge in [0.15, 0.2) is 6.10 Å². The summed E-state index contributed by atoms with van der Waals surface area (Å²) in [6, 6.07) is 0. The van der Waals surface area contributed by atoms with Crippen molar-refractivity contribution in [2.45, 2.75) is 232 Å². The first-order chi connectivity index (χ1) is 40.0. The van der Waals surface area contributed by atoms with E-state index in [4.69, 9.17) is 14.2 Å². The first-order valence-electron chi connectivity index (χ1n) is 31.6. The molecule has 0 aromatic heterocycles. The Morgan fingerprint density at radius 3 is 0.790 bits per heavy atom. The number of esters is 3. The largest absolute Gasteiger partial charge is 0.462 e. The van der Waals surface area contributed by atoms with Crippen molar-refractivity contribution in [3.63, 3.8) is 0 Å². The van der Waals surface area contributed by atoms with Crippen molar-refractivity contribution < 1.29 is 28.6 Å². The van der Waals surface area contributed by atoms with Gasteiger partial charge in [0, 0.05) is 19.3 Å². The molecule has 0 saturated heterocycles. The van der Waals surface area contributed by atoms with Crippen molar-refractivity contribution in [1.29, 1.82) is 0 Å². The van der Waals surface area contributed by atoms with Gasteiger partial charge in [-0.15, -0.1) is 0 Å². The molecule has 0 bridgehead atoms. The van der Waals surface area contributed by atoms with Crippen LogP contribution in [0.5, 0.6) is 0 Å². The third kappa shape index (κ3) is 64.7. The lowest BCUT2D eigenvalue weighted by molar-refractivity contribution is -0.166. The minimum atomic E-state index is -0.849. The number of ether oxygens (including phenoxy) is 3. The van der Waals surface area contributed by atoms with Crippen molar-refractivity contribution in [1.82, 2.24) is 0 Å². The standard InChI is InChI=1S/C75H112O6/c1-4-7-10-13-16-19-22-25-27-29-31-33-34-35-36-37-38-39-40-42-43-45-47-50-53-56-59-62-65-68-74(77)80-71-72(70-79-73(76)67-64-61-58-55-52-49-24-21-18-15-12-9-6-3)81-75(78)69-66-63-60-57-54-51-48-46-44-41-32-30-28-26-23-20-17-14-11-8-5-2/h7-12,16-21,25-28,31-33,35-36,38-39,41-43,46,48-49,52,54,57-58,61,72H,4-6,13-15,22-24,29-30,34,37,40,44-45,47,50-51,53,55-56,59-60,62-71H2,1-3H3/b10-7-,11-8-,12-9-,19-16-,20-17-,21-18-,27-25-,28-26-,33-31-,36-35-,39-38-,41-32-,43-42-,48-46-,52-49-,57-54-,61-58-. The van der Waals surface area contributed by atoms with Gasteiger partial charge in [0.05, 0.1) is 0 Å². The fourth-order valence-corrected chi connectivity index (χ4v) is 7.67. The third-order valence-corrected chi connectivity index (χ3v) is 12.3. The summed E-state index contributed by atoms with van der Waals surface area (Å²) in [4.78, 5) is 38.2. The fraction of sp³-hybridized carbons (Fsp3) is 0.507. The number of hydrogen-bond acceptors (Lipinski definition) is 6.